The van der Waals surface area contributed by atoms with Gasteiger partial charge in [-0.3, -0.25) is 0 Å². The van der Waals surface area contributed by atoms with Gasteiger partial charge in [-0.2, -0.15) is 0 Å². The smallest absolute Gasteiger partial charge is 0.406 e. The highest BCUT2D eigenvalue weighted by atomic mass is 79.9. The van der Waals surface area contributed by atoms with Gasteiger partial charge in [0.2, 0.25) is 0 Å². The first-order valence-electron chi connectivity index (χ1n) is 4.52. The normalized spacial score (nSPS) is 11.6. The molecular weight excluding hydrogens is 308 g/mol. The van der Waals surface area contributed by atoms with Crippen molar-refractivity contribution in [3.63, 3.8) is 0 Å². The summed E-state index contributed by atoms with van der Waals surface area (Å²) in [5, 5.41) is 0. The van der Waals surface area contributed by atoms with Crippen LogP contribution >= 0.6 is 27.5 Å². The predicted octanol–water partition coefficient (Wildman–Crippen LogP) is 4.52. The fraction of sp³-hybridized carbons (Fsp3) is 0.400. The lowest BCUT2D eigenvalue weighted by Gasteiger charge is -2.11. The maximum absolute atomic E-state index is 12.0. The monoisotopic (exact) mass is 316 g/mol. The number of halogens is 5. The molecular formula is C10H9BrClF3O. The summed E-state index contributed by atoms with van der Waals surface area (Å²) in [5.74, 6) is 0.261. The van der Waals surface area contributed by atoms with E-state index in [0.29, 0.717) is 18.7 Å². The number of hydrogen-bond donors (Lipinski definition) is 0. The molecule has 90 valence electrons. The first kappa shape index (κ1) is 13.6. The zero-order valence-electron chi connectivity index (χ0n) is 8.15. The molecule has 0 aliphatic heterocycles. The second-order valence-corrected chi connectivity index (χ2v) is 4.33. The van der Waals surface area contributed by atoms with Crippen molar-refractivity contribution in [2.24, 2.45) is 0 Å². The van der Waals surface area contributed by atoms with E-state index in [0.717, 1.165) is 10.0 Å². The topological polar surface area (TPSA) is 9.23 Å². The van der Waals surface area contributed by atoms with E-state index in [1.807, 2.05) is 0 Å². The number of benzene rings is 1. The zero-order valence-corrected chi connectivity index (χ0v) is 10.5. The van der Waals surface area contributed by atoms with Crippen molar-refractivity contribution in [1.29, 1.82) is 0 Å². The molecule has 0 aliphatic rings. The first-order chi connectivity index (χ1) is 7.42. The molecule has 0 aliphatic carbocycles. The van der Waals surface area contributed by atoms with Gasteiger partial charge in [0.1, 0.15) is 5.75 Å². The van der Waals surface area contributed by atoms with Gasteiger partial charge in [-0.1, -0.05) is 15.9 Å². The molecule has 1 aromatic rings. The lowest BCUT2D eigenvalue weighted by atomic mass is 10.1. The quantitative estimate of drug-likeness (QED) is 0.742. The number of ether oxygens (including phenoxy) is 1. The maximum Gasteiger partial charge on any atom is 0.573 e. The van der Waals surface area contributed by atoms with E-state index in [2.05, 4.69) is 20.7 Å². The SMILES string of the molecule is FC(F)(F)Oc1ccc(Br)c(CCCCl)c1. The number of alkyl halides is 4. The van der Waals surface area contributed by atoms with Gasteiger partial charge < -0.3 is 4.74 Å². The van der Waals surface area contributed by atoms with Crippen LogP contribution < -0.4 is 4.74 Å². The average Bonchev–Trinajstić information content (AvgIpc) is 2.17. The standard InChI is InChI=1S/C10H9BrClF3O/c11-9-4-3-8(16-10(13,14)15)6-7(9)2-1-5-12/h3-4,6H,1-2,5H2. The molecule has 1 rings (SSSR count). The molecule has 0 N–H and O–H groups in total. The third kappa shape index (κ3) is 4.61. The summed E-state index contributed by atoms with van der Waals surface area (Å²) >= 11 is 8.78. The van der Waals surface area contributed by atoms with Gasteiger partial charge in [0.05, 0.1) is 0 Å². The van der Waals surface area contributed by atoms with Crippen molar-refractivity contribution in [2.75, 3.05) is 5.88 Å². The molecule has 1 nitrogen and oxygen atoms in total. The van der Waals surface area contributed by atoms with Crippen LogP contribution in [0.5, 0.6) is 5.75 Å². The van der Waals surface area contributed by atoms with Crippen LogP contribution in [0.15, 0.2) is 22.7 Å². The molecule has 0 heterocycles. The molecule has 0 aromatic heterocycles. The molecule has 0 spiro atoms. The molecule has 0 amide bonds. The van der Waals surface area contributed by atoms with E-state index in [9.17, 15) is 13.2 Å². The summed E-state index contributed by atoms with van der Waals surface area (Å²) in [6.07, 6.45) is -3.34. The van der Waals surface area contributed by atoms with Crippen LogP contribution in [0.3, 0.4) is 0 Å². The summed E-state index contributed by atoms with van der Waals surface area (Å²) in [7, 11) is 0. The summed E-state index contributed by atoms with van der Waals surface area (Å²) in [6, 6.07) is 4.16. The number of aryl methyl sites for hydroxylation is 1. The first-order valence-corrected chi connectivity index (χ1v) is 5.85. The molecule has 0 atom stereocenters. The van der Waals surface area contributed by atoms with Crippen LogP contribution in [0.1, 0.15) is 12.0 Å². The minimum Gasteiger partial charge on any atom is -0.406 e. The molecule has 16 heavy (non-hydrogen) atoms. The second kappa shape index (κ2) is 5.77. The van der Waals surface area contributed by atoms with Gasteiger partial charge in [-0.05, 0) is 36.6 Å². The highest BCUT2D eigenvalue weighted by molar-refractivity contribution is 9.10. The van der Waals surface area contributed by atoms with Gasteiger partial charge >= 0.3 is 6.36 Å². The van der Waals surface area contributed by atoms with E-state index in [1.165, 1.54) is 18.2 Å². The van der Waals surface area contributed by atoms with Crippen LogP contribution in [-0.2, 0) is 6.42 Å². The van der Waals surface area contributed by atoms with E-state index in [-0.39, 0.29) is 5.75 Å². The van der Waals surface area contributed by atoms with Crippen molar-refractivity contribution in [3.8, 4) is 5.75 Å². The zero-order chi connectivity index (χ0) is 12.2. The van der Waals surface area contributed by atoms with Gasteiger partial charge in [0.25, 0.3) is 0 Å². The highest BCUT2D eigenvalue weighted by Crippen LogP contribution is 2.28. The van der Waals surface area contributed by atoms with Crippen LogP contribution in [0.4, 0.5) is 13.2 Å². The van der Waals surface area contributed by atoms with Crippen LogP contribution in [0.2, 0.25) is 0 Å². The third-order valence-corrected chi connectivity index (χ3v) is 2.87. The van der Waals surface area contributed by atoms with Crippen molar-refractivity contribution in [3.05, 3.63) is 28.2 Å². The van der Waals surface area contributed by atoms with Crippen molar-refractivity contribution in [2.45, 2.75) is 19.2 Å². The van der Waals surface area contributed by atoms with Gasteiger partial charge in [-0.15, -0.1) is 24.8 Å². The van der Waals surface area contributed by atoms with Crippen LogP contribution in [0, 0.1) is 0 Å². The Kier molecular flexibility index (Phi) is 4.92. The Labute approximate surface area is 105 Å². The Bertz CT molecular complexity index is 354. The second-order valence-electron chi connectivity index (χ2n) is 3.09. The van der Waals surface area contributed by atoms with Crippen molar-refractivity contribution >= 4 is 27.5 Å². The van der Waals surface area contributed by atoms with Gasteiger partial charge in [0.15, 0.2) is 0 Å². The lowest BCUT2D eigenvalue weighted by molar-refractivity contribution is -0.274. The molecule has 1 aromatic carbocycles. The Balaban J connectivity index is 2.81. The minimum atomic E-state index is -4.66. The van der Waals surface area contributed by atoms with E-state index in [4.69, 9.17) is 11.6 Å². The Hall–Kier alpha value is -0.420. The summed E-state index contributed by atoms with van der Waals surface area (Å²) in [4.78, 5) is 0. The number of hydrogen-bond acceptors (Lipinski definition) is 1. The van der Waals surface area contributed by atoms with Crippen LogP contribution in [0.25, 0.3) is 0 Å². The lowest BCUT2D eigenvalue weighted by Crippen LogP contribution is -2.17. The maximum atomic E-state index is 12.0. The number of rotatable bonds is 4. The molecule has 0 unspecified atom stereocenters. The summed E-state index contributed by atoms with van der Waals surface area (Å²) in [6.45, 7) is 0. The predicted molar refractivity (Wildman–Crippen MR) is 59.9 cm³/mol. The average molecular weight is 318 g/mol. The van der Waals surface area contributed by atoms with Crippen LogP contribution in [-0.4, -0.2) is 12.2 Å². The van der Waals surface area contributed by atoms with E-state index in [1.54, 1.807) is 0 Å². The molecule has 6 heteroatoms. The third-order valence-electron chi connectivity index (χ3n) is 1.83. The fourth-order valence-corrected chi connectivity index (χ4v) is 1.78. The van der Waals surface area contributed by atoms with E-state index < -0.39 is 6.36 Å². The summed E-state index contributed by atoms with van der Waals surface area (Å²) < 4.78 is 40.5. The minimum absolute atomic E-state index is 0.208. The van der Waals surface area contributed by atoms with Crippen molar-refractivity contribution in [1.82, 2.24) is 0 Å². The molecule has 0 radical (unpaired) electrons. The molecule has 0 bridgehead atoms. The molecule has 0 saturated carbocycles. The van der Waals surface area contributed by atoms with Crippen molar-refractivity contribution < 1.29 is 17.9 Å². The van der Waals surface area contributed by atoms with Gasteiger partial charge in [0, 0.05) is 10.4 Å². The Morgan fingerprint density at radius 3 is 2.56 bits per heavy atom. The highest BCUT2D eigenvalue weighted by Gasteiger charge is 2.31. The summed E-state index contributed by atoms with van der Waals surface area (Å²) in [5.41, 5.74) is 0.752. The largest absolute Gasteiger partial charge is 0.573 e. The molecule has 0 fully saturated rings. The van der Waals surface area contributed by atoms with E-state index >= 15 is 0 Å². The Morgan fingerprint density at radius 1 is 1.31 bits per heavy atom. The fourth-order valence-electron chi connectivity index (χ4n) is 1.20. The van der Waals surface area contributed by atoms with Gasteiger partial charge in [-0.25, -0.2) is 0 Å². The Morgan fingerprint density at radius 2 is 2.00 bits per heavy atom. The molecule has 0 saturated heterocycles.